The van der Waals surface area contributed by atoms with E-state index in [1.54, 1.807) is 0 Å². The summed E-state index contributed by atoms with van der Waals surface area (Å²) in [5, 5.41) is 20.1. The Morgan fingerprint density at radius 3 is 2.04 bits per heavy atom. The molecule has 1 aliphatic heterocycles. The fourth-order valence-corrected chi connectivity index (χ4v) is 3.85. The summed E-state index contributed by atoms with van der Waals surface area (Å²) in [6.07, 6.45) is 1.21. The Morgan fingerprint density at radius 1 is 0.875 bits per heavy atom. The van der Waals surface area contributed by atoms with Crippen LogP contribution in [0.3, 0.4) is 0 Å². The molecule has 0 amide bonds. The van der Waals surface area contributed by atoms with Crippen LogP contribution in [-0.2, 0) is 13.0 Å². The highest BCUT2D eigenvalue weighted by Gasteiger charge is 2.30. The molecule has 3 aromatic rings. The van der Waals surface area contributed by atoms with Crippen molar-refractivity contribution in [3.63, 3.8) is 0 Å². The summed E-state index contributed by atoms with van der Waals surface area (Å²) in [4.78, 5) is 0. The monoisotopic (exact) mass is 319 g/mol. The Balaban J connectivity index is 2.05. The number of aliphatic hydroxyl groups is 2. The van der Waals surface area contributed by atoms with Crippen LogP contribution in [0.25, 0.3) is 22.3 Å². The van der Waals surface area contributed by atoms with Crippen LogP contribution in [0.2, 0.25) is 0 Å². The van der Waals surface area contributed by atoms with E-state index < -0.39 is 6.10 Å². The summed E-state index contributed by atoms with van der Waals surface area (Å²) < 4.78 is 2.21. The molecule has 3 heteroatoms. The molecule has 1 aromatic heterocycles. The number of nitrogens with zero attached hydrogens (tertiary/aromatic N) is 1. The molecule has 0 fully saturated rings. The van der Waals surface area contributed by atoms with Crippen LogP contribution in [-0.4, -0.2) is 21.4 Å². The van der Waals surface area contributed by atoms with Crippen LogP contribution in [0, 0.1) is 0 Å². The zero-order chi connectivity index (χ0) is 16.5. The number of fused-ring (bicyclic) bond motifs is 1. The number of hydrogen-bond donors (Lipinski definition) is 2. The lowest BCUT2D eigenvalue weighted by molar-refractivity contribution is 0.0899. The van der Waals surface area contributed by atoms with Gasteiger partial charge in [0.1, 0.15) is 6.10 Å². The topological polar surface area (TPSA) is 45.4 Å². The first-order valence-electron chi connectivity index (χ1n) is 8.46. The van der Waals surface area contributed by atoms with E-state index in [1.165, 1.54) is 16.8 Å². The summed E-state index contributed by atoms with van der Waals surface area (Å²) in [5.41, 5.74) is 6.61. The summed E-state index contributed by atoms with van der Waals surface area (Å²) in [6, 6.07) is 20.5. The van der Waals surface area contributed by atoms with Crippen molar-refractivity contribution in [2.45, 2.75) is 25.5 Å². The second-order valence-electron chi connectivity index (χ2n) is 6.27. The molecule has 0 radical (unpaired) electrons. The molecule has 2 heterocycles. The minimum Gasteiger partial charge on any atom is -0.393 e. The average molecular weight is 319 g/mol. The molecule has 0 unspecified atom stereocenters. The van der Waals surface area contributed by atoms with Gasteiger partial charge in [0.2, 0.25) is 0 Å². The summed E-state index contributed by atoms with van der Waals surface area (Å²) >= 11 is 0. The summed E-state index contributed by atoms with van der Waals surface area (Å²) in [5.74, 6) is 0. The zero-order valence-corrected chi connectivity index (χ0v) is 13.5. The van der Waals surface area contributed by atoms with E-state index >= 15 is 0 Å². The van der Waals surface area contributed by atoms with Crippen LogP contribution in [0.15, 0.2) is 60.7 Å². The maximum Gasteiger partial charge on any atom is 0.118 e. The minimum absolute atomic E-state index is 0.266. The van der Waals surface area contributed by atoms with E-state index in [4.69, 9.17) is 0 Å². The van der Waals surface area contributed by atoms with Gasteiger partial charge in [0.25, 0.3) is 0 Å². The lowest BCUT2D eigenvalue weighted by Gasteiger charge is -2.15. The van der Waals surface area contributed by atoms with Crippen LogP contribution in [0.4, 0.5) is 0 Å². The number of aliphatic hydroxyl groups excluding tert-OH is 2. The van der Waals surface area contributed by atoms with Crippen molar-refractivity contribution in [3.8, 4) is 22.3 Å². The second kappa shape index (κ2) is 6.27. The lowest BCUT2D eigenvalue weighted by atomic mass is 9.92. The first-order valence-corrected chi connectivity index (χ1v) is 8.46. The van der Waals surface area contributed by atoms with Gasteiger partial charge in [0.15, 0.2) is 0 Å². The van der Waals surface area contributed by atoms with Crippen LogP contribution in [0.5, 0.6) is 0 Å². The van der Waals surface area contributed by atoms with E-state index in [0.29, 0.717) is 0 Å². The van der Waals surface area contributed by atoms with E-state index in [0.717, 1.165) is 36.2 Å². The Morgan fingerprint density at radius 2 is 1.46 bits per heavy atom. The van der Waals surface area contributed by atoms with Crippen molar-refractivity contribution in [1.29, 1.82) is 0 Å². The molecule has 1 aliphatic rings. The van der Waals surface area contributed by atoms with Crippen LogP contribution in [0.1, 0.15) is 23.9 Å². The van der Waals surface area contributed by atoms with E-state index in [9.17, 15) is 10.2 Å². The van der Waals surface area contributed by atoms with Crippen LogP contribution < -0.4 is 0 Å². The SMILES string of the molecule is OC[C@@H](O)c1c(-c2ccccc2)c(-c2ccccc2)c2n1CCC2. The summed E-state index contributed by atoms with van der Waals surface area (Å²) in [7, 11) is 0. The molecule has 2 aromatic carbocycles. The fourth-order valence-electron chi connectivity index (χ4n) is 3.85. The predicted octanol–water partition coefficient (Wildman–Crippen LogP) is 3.79. The molecule has 0 bridgehead atoms. The summed E-state index contributed by atoms with van der Waals surface area (Å²) in [6.45, 7) is 0.631. The molecular formula is C21H21NO2. The number of rotatable bonds is 4. The van der Waals surface area contributed by atoms with E-state index in [-0.39, 0.29) is 6.61 Å². The normalized spacial score (nSPS) is 14.6. The van der Waals surface area contributed by atoms with Gasteiger partial charge in [0.05, 0.1) is 12.3 Å². The second-order valence-corrected chi connectivity index (χ2v) is 6.27. The van der Waals surface area contributed by atoms with Gasteiger partial charge in [0, 0.05) is 23.4 Å². The highest BCUT2D eigenvalue weighted by atomic mass is 16.3. The average Bonchev–Trinajstić information content (AvgIpc) is 3.22. The first kappa shape index (κ1) is 15.2. The Hall–Kier alpha value is -2.36. The third-order valence-electron chi connectivity index (χ3n) is 4.82. The number of benzene rings is 2. The van der Waals surface area contributed by atoms with Crippen molar-refractivity contribution in [1.82, 2.24) is 4.57 Å². The smallest absolute Gasteiger partial charge is 0.118 e. The molecule has 1 atom stereocenters. The first-order chi connectivity index (χ1) is 11.8. The molecule has 3 nitrogen and oxygen atoms in total. The third kappa shape index (κ3) is 2.37. The zero-order valence-electron chi connectivity index (χ0n) is 13.5. The largest absolute Gasteiger partial charge is 0.393 e. The van der Waals surface area contributed by atoms with Gasteiger partial charge < -0.3 is 14.8 Å². The maximum atomic E-state index is 10.5. The standard InChI is InChI=1S/C21H21NO2/c23-14-18(24)21-20(16-10-5-2-6-11-16)19(15-8-3-1-4-9-15)17-12-7-13-22(17)21/h1-6,8-11,18,23-24H,7,12-14H2/t18-/m1/s1. The molecule has 24 heavy (non-hydrogen) atoms. The highest BCUT2D eigenvalue weighted by molar-refractivity contribution is 5.88. The predicted molar refractivity (Wildman–Crippen MR) is 95.7 cm³/mol. The van der Waals surface area contributed by atoms with Crippen molar-refractivity contribution < 1.29 is 10.2 Å². The Labute approximate surface area is 141 Å². The molecule has 0 aliphatic carbocycles. The van der Waals surface area contributed by atoms with Gasteiger partial charge in [-0.05, 0) is 24.0 Å². The fraction of sp³-hybridized carbons (Fsp3) is 0.238. The Bertz CT molecular complexity index is 837. The van der Waals surface area contributed by atoms with Gasteiger partial charge in [-0.25, -0.2) is 0 Å². The molecule has 0 saturated heterocycles. The lowest BCUT2D eigenvalue weighted by Crippen LogP contribution is -2.10. The number of hydrogen-bond acceptors (Lipinski definition) is 2. The van der Waals surface area contributed by atoms with Crippen molar-refractivity contribution >= 4 is 0 Å². The van der Waals surface area contributed by atoms with Gasteiger partial charge >= 0.3 is 0 Å². The minimum atomic E-state index is -0.866. The van der Waals surface area contributed by atoms with Gasteiger partial charge in [-0.1, -0.05) is 60.7 Å². The highest BCUT2D eigenvalue weighted by Crippen LogP contribution is 2.44. The molecule has 2 N–H and O–H groups in total. The number of aromatic nitrogens is 1. The molecule has 0 saturated carbocycles. The van der Waals surface area contributed by atoms with Crippen molar-refractivity contribution in [3.05, 3.63) is 72.1 Å². The van der Waals surface area contributed by atoms with Crippen molar-refractivity contribution in [2.75, 3.05) is 6.61 Å². The van der Waals surface area contributed by atoms with Gasteiger partial charge in [-0.2, -0.15) is 0 Å². The molecule has 0 spiro atoms. The quantitative estimate of drug-likeness (QED) is 0.768. The third-order valence-corrected chi connectivity index (χ3v) is 4.82. The maximum absolute atomic E-state index is 10.5. The molecule has 4 rings (SSSR count). The van der Waals surface area contributed by atoms with E-state index in [2.05, 4.69) is 28.8 Å². The van der Waals surface area contributed by atoms with Crippen molar-refractivity contribution in [2.24, 2.45) is 0 Å². The van der Waals surface area contributed by atoms with Gasteiger partial charge in [-0.15, -0.1) is 0 Å². The molecule has 122 valence electrons. The van der Waals surface area contributed by atoms with Gasteiger partial charge in [-0.3, -0.25) is 0 Å². The Kier molecular flexibility index (Phi) is 3.97. The van der Waals surface area contributed by atoms with E-state index in [1.807, 2.05) is 36.4 Å². The molecular weight excluding hydrogens is 298 g/mol. The van der Waals surface area contributed by atoms with Crippen LogP contribution >= 0.6 is 0 Å².